The highest BCUT2D eigenvalue weighted by molar-refractivity contribution is 5.37. The number of nitrogens with two attached hydrogens (primary N) is 1. The normalized spacial score (nSPS) is 17.8. The average molecular weight is 166 g/mol. The number of anilines is 1. The Morgan fingerprint density at radius 1 is 1.58 bits per heavy atom. The summed E-state index contributed by atoms with van der Waals surface area (Å²) in [5.41, 5.74) is 6.88. The Hall–Kier alpha value is -1.06. The summed E-state index contributed by atoms with van der Waals surface area (Å²) in [6.07, 6.45) is 3.77. The van der Waals surface area contributed by atoms with Crippen LogP contribution in [-0.2, 0) is 6.54 Å². The molecule has 2 N–H and O–H groups in total. The Balaban J connectivity index is 2.25. The summed E-state index contributed by atoms with van der Waals surface area (Å²) >= 11 is 0. The van der Waals surface area contributed by atoms with Crippen molar-refractivity contribution in [1.29, 1.82) is 0 Å². The van der Waals surface area contributed by atoms with Gasteiger partial charge in [0.25, 0.3) is 0 Å². The number of aromatic nitrogens is 3. The van der Waals surface area contributed by atoms with E-state index in [1.807, 2.05) is 6.92 Å². The molecule has 0 aromatic carbocycles. The van der Waals surface area contributed by atoms with Gasteiger partial charge in [0, 0.05) is 12.5 Å². The van der Waals surface area contributed by atoms with Crippen molar-refractivity contribution in [3.8, 4) is 0 Å². The summed E-state index contributed by atoms with van der Waals surface area (Å²) in [4.78, 5) is 0. The molecule has 0 unspecified atom stereocenters. The van der Waals surface area contributed by atoms with Gasteiger partial charge in [-0.2, -0.15) is 0 Å². The van der Waals surface area contributed by atoms with Crippen LogP contribution in [-0.4, -0.2) is 15.0 Å². The zero-order chi connectivity index (χ0) is 8.55. The molecule has 1 fully saturated rings. The van der Waals surface area contributed by atoms with Gasteiger partial charge in [0.1, 0.15) is 11.5 Å². The second kappa shape index (κ2) is 2.77. The lowest BCUT2D eigenvalue weighted by Gasteiger charge is -2.23. The number of hydrogen-bond donors (Lipinski definition) is 1. The van der Waals surface area contributed by atoms with Crippen LogP contribution in [0.2, 0.25) is 0 Å². The van der Waals surface area contributed by atoms with Crippen molar-refractivity contribution in [3.63, 3.8) is 0 Å². The highest BCUT2D eigenvalue weighted by Crippen LogP contribution is 2.37. The zero-order valence-corrected chi connectivity index (χ0v) is 7.32. The summed E-state index contributed by atoms with van der Waals surface area (Å²) in [5.74, 6) is 1.35. The van der Waals surface area contributed by atoms with Gasteiger partial charge < -0.3 is 5.73 Å². The van der Waals surface area contributed by atoms with Gasteiger partial charge in [0.2, 0.25) is 0 Å². The third-order valence-electron chi connectivity index (χ3n) is 2.59. The molecule has 0 amide bonds. The van der Waals surface area contributed by atoms with Gasteiger partial charge in [-0.3, -0.25) is 0 Å². The Bertz CT molecular complexity index is 275. The molecule has 0 saturated heterocycles. The van der Waals surface area contributed by atoms with Crippen molar-refractivity contribution in [3.05, 3.63) is 5.69 Å². The number of nitrogen functional groups attached to an aromatic ring is 1. The van der Waals surface area contributed by atoms with Crippen molar-refractivity contribution in [2.75, 3.05) is 5.73 Å². The minimum atomic E-state index is 0.588. The molecule has 4 heteroatoms. The van der Waals surface area contributed by atoms with Crippen molar-refractivity contribution < 1.29 is 0 Å². The van der Waals surface area contributed by atoms with E-state index in [0.717, 1.165) is 18.1 Å². The molecule has 12 heavy (non-hydrogen) atoms. The van der Waals surface area contributed by atoms with Crippen molar-refractivity contribution in [1.82, 2.24) is 15.0 Å². The van der Waals surface area contributed by atoms with Crippen LogP contribution in [0.15, 0.2) is 0 Å². The molecule has 1 aromatic heterocycles. The standard InChI is InChI=1S/C8H14N4/c1-2-12-8(9)7(10-11-12)6-4-3-5-6/h6H,2-5,9H2,1H3. The Morgan fingerprint density at radius 2 is 2.33 bits per heavy atom. The topological polar surface area (TPSA) is 56.7 Å². The van der Waals surface area contributed by atoms with Gasteiger partial charge in [0.15, 0.2) is 0 Å². The molecule has 2 rings (SSSR count). The summed E-state index contributed by atoms with van der Waals surface area (Å²) < 4.78 is 1.76. The minimum Gasteiger partial charge on any atom is -0.382 e. The van der Waals surface area contributed by atoms with Crippen molar-refractivity contribution in [2.45, 2.75) is 38.6 Å². The molecule has 0 spiro atoms. The third-order valence-corrected chi connectivity index (χ3v) is 2.59. The van der Waals surface area contributed by atoms with Crippen LogP contribution in [0.5, 0.6) is 0 Å². The van der Waals surface area contributed by atoms with Gasteiger partial charge in [-0.05, 0) is 19.8 Å². The van der Waals surface area contributed by atoms with E-state index in [4.69, 9.17) is 5.73 Å². The lowest BCUT2D eigenvalue weighted by atomic mass is 9.83. The Kier molecular flexibility index (Phi) is 1.75. The van der Waals surface area contributed by atoms with Crippen LogP contribution in [0, 0.1) is 0 Å². The maximum Gasteiger partial charge on any atom is 0.145 e. The fourth-order valence-electron chi connectivity index (χ4n) is 1.54. The van der Waals surface area contributed by atoms with E-state index in [-0.39, 0.29) is 0 Å². The maximum atomic E-state index is 5.86. The van der Waals surface area contributed by atoms with E-state index >= 15 is 0 Å². The first-order valence-electron chi connectivity index (χ1n) is 4.51. The zero-order valence-electron chi connectivity index (χ0n) is 7.32. The fourth-order valence-corrected chi connectivity index (χ4v) is 1.54. The number of rotatable bonds is 2. The molecular formula is C8H14N4. The molecular weight excluding hydrogens is 152 g/mol. The molecule has 1 aliphatic carbocycles. The second-order valence-electron chi connectivity index (χ2n) is 3.30. The van der Waals surface area contributed by atoms with Gasteiger partial charge in [-0.15, -0.1) is 5.10 Å². The predicted molar refractivity (Wildman–Crippen MR) is 46.7 cm³/mol. The molecule has 4 nitrogen and oxygen atoms in total. The van der Waals surface area contributed by atoms with E-state index in [2.05, 4.69) is 10.3 Å². The van der Waals surface area contributed by atoms with Crippen LogP contribution in [0.25, 0.3) is 0 Å². The highest BCUT2D eigenvalue weighted by Gasteiger charge is 2.25. The van der Waals surface area contributed by atoms with E-state index in [1.54, 1.807) is 4.68 Å². The van der Waals surface area contributed by atoms with Gasteiger partial charge >= 0.3 is 0 Å². The molecule has 0 atom stereocenters. The SMILES string of the molecule is CCn1nnc(C2CCC2)c1N. The number of aryl methyl sites for hydroxylation is 1. The van der Waals surface area contributed by atoms with Crippen molar-refractivity contribution >= 4 is 5.82 Å². The fraction of sp³-hybridized carbons (Fsp3) is 0.750. The van der Waals surface area contributed by atoms with E-state index in [0.29, 0.717) is 5.92 Å². The summed E-state index contributed by atoms with van der Waals surface area (Å²) in [6.45, 7) is 2.83. The first kappa shape index (κ1) is 7.58. The molecule has 66 valence electrons. The van der Waals surface area contributed by atoms with Crippen molar-refractivity contribution in [2.24, 2.45) is 0 Å². The van der Waals surface area contributed by atoms with Crippen LogP contribution < -0.4 is 5.73 Å². The summed E-state index contributed by atoms with van der Waals surface area (Å²) in [6, 6.07) is 0. The molecule has 0 aliphatic heterocycles. The highest BCUT2D eigenvalue weighted by atomic mass is 15.4. The lowest BCUT2D eigenvalue weighted by Crippen LogP contribution is -2.12. The molecule has 0 bridgehead atoms. The van der Waals surface area contributed by atoms with Crippen LogP contribution in [0.3, 0.4) is 0 Å². The number of hydrogen-bond acceptors (Lipinski definition) is 3. The summed E-state index contributed by atoms with van der Waals surface area (Å²) in [5, 5.41) is 8.08. The Labute approximate surface area is 71.8 Å². The van der Waals surface area contributed by atoms with Crippen LogP contribution >= 0.6 is 0 Å². The lowest BCUT2D eigenvalue weighted by molar-refractivity contribution is 0.411. The first-order valence-corrected chi connectivity index (χ1v) is 4.51. The molecule has 1 aromatic rings. The number of nitrogens with zero attached hydrogens (tertiary/aromatic N) is 3. The van der Waals surface area contributed by atoms with Crippen LogP contribution in [0.1, 0.15) is 37.8 Å². The monoisotopic (exact) mass is 166 g/mol. The molecule has 1 heterocycles. The first-order chi connectivity index (χ1) is 5.83. The smallest absolute Gasteiger partial charge is 0.145 e. The van der Waals surface area contributed by atoms with Gasteiger partial charge in [-0.25, -0.2) is 4.68 Å². The minimum absolute atomic E-state index is 0.588. The van der Waals surface area contributed by atoms with E-state index in [9.17, 15) is 0 Å². The quantitative estimate of drug-likeness (QED) is 0.717. The van der Waals surface area contributed by atoms with Crippen LogP contribution in [0.4, 0.5) is 5.82 Å². The maximum absolute atomic E-state index is 5.86. The summed E-state index contributed by atoms with van der Waals surface area (Å²) in [7, 11) is 0. The molecule has 1 saturated carbocycles. The Morgan fingerprint density at radius 3 is 2.75 bits per heavy atom. The average Bonchev–Trinajstić information content (AvgIpc) is 2.30. The third kappa shape index (κ3) is 0.983. The largest absolute Gasteiger partial charge is 0.382 e. The van der Waals surface area contributed by atoms with Gasteiger partial charge in [-0.1, -0.05) is 11.6 Å². The predicted octanol–water partition coefficient (Wildman–Crippen LogP) is 1.15. The molecule has 0 radical (unpaired) electrons. The van der Waals surface area contributed by atoms with E-state index < -0.39 is 0 Å². The second-order valence-corrected chi connectivity index (χ2v) is 3.30. The molecule has 1 aliphatic rings. The van der Waals surface area contributed by atoms with Gasteiger partial charge in [0.05, 0.1) is 0 Å². The van der Waals surface area contributed by atoms with E-state index in [1.165, 1.54) is 19.3 Å².